The maximum atomic E-state index is 13.5. The zero-order valence-corrected chi connectivity index (χ0v) is 12.6. The number of aromatic nitrogens is 3. The van der Waals surface area contributed by atoms with Gasteiger partial charge in [-0.05, 0) is 30.5 Å². The Kier molecular flexibility index (Phi) is 2.94. The average Bonchev–Trinajstić information content (AvgIpc) is 2.90. The fourth-order valence-electron chi connectivity index (χ4n) is 3.19. The minimum atomic E-state index is -0.346. The van der Waals surface area contributed by atoms with E-state index >= 15 is 0 Å². The molecule has 0 amide bonds. The van der Waals surface area contributed by atoms with Crippen molar-refractivity contribution >= 4 is 22.5 Å². The smallest absolute Gasteiger partial charge is 0.167 e. The summed E-state index contributed by atoms with van der Waals surface area (Å²) in [6, 6.07) is 6.13. The van der Waals surface area contributed by atoms with Gasteiger partial charge in [-0.2, -0.15) is 5.10 Å². The number of ketones is 1. The van der Waals surface area contributed by atoms with E-state index in [2.05, 4.69) is 10.1 Å². The maximum Gasteiger partial charge on any atom is 0.167 e. The highest BCUT2D eigenvalue weighted by Gasteiger charge is 2.28. The average molecular weight is 310 g/mol. The van der Waals surface area contributed by atoms with Gasteiger partial charge in [-0.1, -0.05) is 13.0 Å². The topological polar surface area (TPSA) is 73.8 Å². The molecule has 0 aliphatic heterocycles. The van der Waals surface area contributed by atoms with E-state index in [1.807, 2.05) is 6.92 Å². The highest BCUT2D eigenvalue weighted by Crippen LogP contribution is 2.33. The molecular formula is C17H15FN4O. The van der Waals surface area contributed by atoms with E-state index in [0.717, 1.165) is 0 Å². The first-order valence-electron chi connectivity index (χ1n) is 7.50. The van der Waals surface area contributed by atoms with Crippen LogP contribution in [0.25, 0.3) is 16.7 Å². The van der Waals surface area contributed by atoms with Gasteiger partial charge < -0.3 is 5.73 Å². The molecule has 6 heteroatoms. The van der Waals surface area contributed by atoms with Gasteiger partial charge in [-0.3, -0.25) is 4.79 Å². The number of fused-ring (bicyclic) bond motifs is 2. The van der Waals surface area contributed by atoms with E-state index in [1.54, 1.807) is 23.0 Å². The summed E-state index contributed by atoms with van der Waals surface area (Å²) >= 11 is 0. The molecule has 1 aliphatic carbocycles. The first-order valence-corrected chi connectivity index (χ1v) is 7.50. The van der Waals surface area contributed by atoms with Crippen LogP contribution in [-0.4, -0.2) is 20.5 Å². The van der Waals surface area contributed by atoms with Gasteiger partial charge in [0.05, 0.1) is 34.2 Å². The highest BCUT2D eigenvalue weighted by atomic mass is 19.1. The molecule has 2 aromatic heterocycles. The van der Waals surface area contributed by atoms with Gasteiger partial charge in [-0.15, -0.1) is 0 Å². The summed E-state index contributed by atoms with van der Waals surface area (Å²) in [5, 5.41) is 4.90. The number of carbonyl (C=O) groups is 1. The van der Waals surface area contributed by atoms with Crippen molar-refractivity contribution in [3.63, 3.8) is 0 Å². The minimum absolute atomic E-state index is 0.0316. The number of anilines is 1. The number of halogens is 1. The van der Waals surface area contributed by atoms with Crippen molar-refractivity contribution in [2.24, 2.45) is 5.92 Å². The van der Waals surface area contributed by atoms with Crippen molar-refractivity contribution < 1.29 is 9.18 Å². The maximum absolute atomic E-state index is 13.5. The number of hydrogen-bond acceptors (Lipinski definition) is 4. The molecule has 2 N–H and O–H groups in total. The normalized spacial score (nSPS) is 17.5. The Morgan fingerprint density at radius 3 is 2.96 bits per heavy atom. The number of pyridine rings is 1. The van der Waals surface area contributed by atoms with Crippen LogP contribution in [0.2, 0.25) is 0 Å². The van der Waals surface area contributed by atoms with E-state index < -0.39 is 0 Å². The Hall–Kier alpha value is -2.76. The van der Waals surface area contributed by atoms with Crippen LogP contribution in [0.1, 0.15) is 29.4 Å². The predicted molar refractivity (Wildman–Crippen MR) is 85.1 cm³/mol. The van der Waals surface area contributed by atoms with Crippen LogP contribution in [0.5, 0.6) is 0 Å². The summed E-state index contributed by atoms with van der Waals surface area (Å²) in [5.74, 6) is -0.0741. The molecule has 0 saturated heterocycles. The molecule has 23 heavy (non-hydrogen) atoms. The van der Waals surface area contributed by atoms with Crippen molar-refractivity contribution in [2.75, 3.05) is 5.73 Å². The SMILES string of the molecule is CC1CC(=O)c2c(nc3c(cnn3-c3cccc(F)c3)c2N)C1. The largest absolute Gasteiger partial charge is 0.397 e. The van der Waals surface area contributed by atoms with Gasteiger partial charge in [0.1, 0.15) is 5.82 Å². The monoisotopic (exact) mass is 310 g/mol. The Labute approximate surface area is 131 Å². The van der Waals surface area contributed by atoms with Crippen molar-refractivity contribution in [3.05, 3.63) is 47.5 Å². The highest BCUT2D eigenvalue weighted by molar-refractivity contribution is 6.08. The minimum Gasteiger partial charge on any atom is -0.397 e. The van der Waals surface area contributed by atoms with Crippen LogP contribution in [-0.2, 0) is 6.42 Å². The van der Waals surface area contributed by atoms with Gasteiger partial charge in [0.25, 0.3) is 0 Å². The molecule has 0 bridgehead atoms. The van der Waals surface area contributed by atoms with Crippen LogP contribution in [0.3, 0.4) is 0 Å². The van der Waals surface area contributed by atoms with Crippen LogP contribution in [0, 0.1) is 11.7 Å². The van der Waals surface area contributed by atoms with E-state index in [0.29, 0.717) is 46.5 Å². The summed E-state index contributed by atoms with van der Waals surface area (Å²) in [6.45, 7) is 2.02. The second-order valence-corrected chi connectivity index (χ2v) is 6.06. The number of nitrogens with zero attached hydrogens (tertiary/aromatic N) is 3. The lowest BCUT2D eigenvalue weighted by atomic mass is 9.86. The molecule has 116 valence electrons. The number of Topliss-reactive ketones (excluding diaryl/α,β-unsaturated/α-hetero) is 1. The number of benzene rings is 1. The molecule has 0 fully saturated rings. The zero-order valence-electron chi connectivity index (χ0n) is 12.6. The lowest BCUT2D eigenvalue weighted by Gasteiger charge is -2.21. The number of nitrogen functional groups attached to an aromatic ring is 1. The lowest BCUT2D eigenvalue weighted by Crippen LogP contribution is -2.21. The third-order valence-electron chi connectivity index (χ3n) is 4.24. The van der Waals surface area contributed by atoms with Gasteiger partial charge in [0, 0.05) is 6.42 Å². The first-order chi connectivity index (χ1) is 11.0. The van der Waals surface area contributed by atoms with Gasteiger partial charge in [0.2, 0.25) is 0 Å². The Morgan fingerprint density at radius 1 is 1.35 bits per heavy atom. The summed E-state index contributed by atoms with van der Waals surface area (Å²) in [5.41, 5.74) is 8.98. The second kappa shape index (κ2) is 4.87. The van der Waals surface area contributed by atoms with Gasteiger partial charge in [-0.25, -0.2) is 14.1 Å². The Bertz CT molecular complexity index is 947. The summed E-state index contributed by atoms with van der Waals surface area (Å²) < 4.78 is 15.0. The van der Waals surface area contributed by atoms with Crippen molar-refractivity contribution in [1.29, 1.82) is 0 Å². The van der Waals surface area contributed by atoms with Crippen LogP contribution >= 0.6 is 0 Å². The fraction of sp³-hybridized carbons (Fsp3) is 0.235. The molecule has 5 nitrogen and oxygen atoms in total. The fourth-order valence-corrected chi connectivity index (χ4v) is 3.19. The van der Waals surface area contributed by atoms with Gasteiger partial charge in [0.15, 0.2) is 11.4 Å². The number of carbonyl (C=O) groups excluding carboxylic acids is 1. The van der Waals surface area contributed by atoms with Crippen molar-refractivity contribution in [1.82, 2.24) is 14.8 Å². The van der Waals surface area contributed by atoms with E-state index in [4.69, 9.17) is 5.73 Å². The number of nitrogens with two attached hydrogens (primary N) is 1. The van der Waals surface area contributed by atoms with Crippen molar-refractivity contribution in [2.45, 2.75) is 19.8 Å². The van der Waals surface area contributed by atoms with Crippen LogP contribution in [0.15, 0.2) is 30.5 Å². The number of rotatable bonds is 1. The standard InChI is InChI=1S/C17H15FN4O/c1-9-5-13-15(14(23)6-9)16(19)12-8-20-22(17(12)21-13)11-4-2-3-10(18)7-11/h2-4,7-9H,5-6H2,1H3,(H2,19,21). The molecule has 4 rings (SSSR count). The predicted octanol–water partition coefficient (Wildman–Crippen LogP) is 2.91. The van der Waals surface area contributed by atoms with Crippen molar-refractivity contribution in [3.8, 4) is 5.69 Å². The van der Waals surface area contributed by atoms with E-state index in [-0.39, 0.29) is 17.5 Å². The molecular weight excluding hydrogens is 295 g/mol. The summed E-state index contributed by atoms with van der Waals surface area (Å²) in [4.78, 5) is 16.9. The Morgan fingerprint density at radius 2 is 2.17 bits per heavy atom. The first kappa shape index (κ1) is 13.9. The van der Waals surface area contributed by atoms with Gasteiger partial charge >= 0.3 is 0 Å². The second-order valence-electron chi connectivity index (χ2n) is 6.06. The van der Waals surface area contributed by atoms with E-state index in [9.17, 15) is 9.18 Å². The molecule has 2 heterocycles. The molecule has 1 aliphatic rings. The summed E-state index contributed by atoms with van der Waals surface area (Å²) in [6.07, 6.45) is 2.77. The van der Waals surface area contributed by atoms with Crippen LogP contribution < -0.4 is 5.73 Å². The molecule has 0 spiro atoms. The van der Waals surface area contributed by atoms with Crippen LogP contribution in [0.4, 0.5) is 10.1 Å². The lowest BCUT2D eigenvalue weighted by molar-refractivity contribution is 0.0953. The zero-order chi connectivity index (χ0) is 16.1. The van der Waals surface area contributed by atoms with E-state index in [1.165, 1.54) is 12.1 Å². The molecule has 1 aromatic carbocycles. The quantitative estimate of drug-likeness (QED) is 0.750. The Balaban J connectivity index is 1.99. The third kappa shape index (κ3) is 2.10. The molecule has 1 unspecified atom stereocenters. The summed E-state index contributed by atoms with van der Waals surface area (Å²) in [7, 11) is 0. The molecule has 0 radical (unpaired) electrons. The third-order valence-corrected chi connectivity index (χ3v) is 4.24. The number of hydrogen-bond donors (Lipinski definition) is 1. The molecule has 0 saturated carbocycles. The molecule has 3 aromatic rings. The molecule has 1 atom stereocenters.